The van der Waals surface area contributed by atoms with E-state index >= 15 is 0 Å². The molecule has 0 spiro atoms. The normalized spacial score (nSPS) is 23.2. The number of hydrogen-bond donors (Lipinski definition) is 2. The first-order valence-corrected chi connectivity index (χ1v) is 11.5. The summed E-state index contributed by atoms with van der Waals surface area (Å²) in [6.45, 7) is 0.918. The van der Waals surface area contributed by atoms with Crippen molar-refractivity contribution < 1.29 is 9.59 Å². The van der Waals surface area contributed by atoms with Crippen molar-refractivity contribution >= 4 is 39.3 Å². The molecule has 158 valence electrons. The molecule has 7 heteroatoms. The Labute approximate surface area is 190 Å². The van der Waals surface area contributed by atoms with Gasteiger partial charge in [0.1, 0.15) is 0 Å². The number of benzene rings is 2. The van der Waals surface area contributed by atoms with Crippen molar-refractivity contribution in [1.29, 1.82) is 0 Å². The van der Waals surface area contributed by atoms with E-state index in [0.29, 0.717) is 17.6 Å². The smallest absolute Gasteiger partial charge is 0.251 e. The largest absolute Gasteiger partial charge is 0.352 e. The number of amides is 2. The minimum absolute atomic E-state index is 0.00826. The van der Waals surface area contributed by atoms with Crippen molar-refractivity contribution in [2.75, 3.05) is 6.54 Å². The third-order valence-corrected chi connectivity index (χ3v) is 6.77. The van der Waals surface area contributed by atoms with Gasteiger partial charge in [0.2, 0.25) is 5.91 Å². The van der Waals surface area contributed by atoms with Crippen molar-refractivity contribution in [3.63, 3.8) is 0 Å². The van der Waals surface area contributed by atoms with E-state index in [9.17, 15) is 9.59 Å². The van der Waals surface area contributed by atoms with Gasteiger partial charge in [0.05, 0.1) is 6.54 Å². The van der Waals surface area contributed by atoms with Gasteiger partial charge >= 0.3 is 0 Å². The van der Waals surface area contributed by atoms with Crippen molar-refractivity contribution in [1.82, 2.24) is 15.5 Å². The van der Waals surface area contributed by atoms with E-state index in [4.69, 9.17) is 11.6 Å². The zero-order valence-electron chi connectivity index (χ0n) is 16.6. The van der Waals surface area contributed by atoms with E-state index in [1.807, 2.05) is 18.2 Å². The number of hydrogen-bond acceptors (Lipinski definition) is 3. The molecule has 2 aromatic carbocycles. The van der Waals surface area contributed by atoms with Crippen LogP contribution in [0.25, 0.3) is 0 Å². The first kappa shape index (κ1) is 21.3. The lowest BCUT2D eigenvalue weighted by atomic mass is 9.96. The number of rotatable bonds is 6. The second kappa shape index (κ2) is 9.50. The van der Waals surface area contributed by atoms with Crippen LogP contribution in [0.4, 0.5) is 0 Å². The third-order valence-electron chi connectivity index (χ3n) is 6.02. The summed E-state index contributed by atoms with van der Waals surface area (Å²) < 4.78 is 0.834. The lowest BCUT2D eigenvalue weighted by Gasteiger charge is -2.39. The number of fused-ring (bicyclic) bond motifs is 2. The maximum Gasteiger partial charge on any atom is 0.251 e. The molecule has 2 aromatic rings. The summed E-state index contributed by atoms with van der Waals surface area (Å²) in [7, 11) is 0. The van der Waals surface area contributed by atoms with E-state index in [-0.39, 0.29) is 24.4 Å². The minimum Gasteiger partial charge on any atom is -0.352 e. The summed E-state index contributed by atoms with van der Waals surface area (Å²) in [5.41, 5.74) is 1.81. The molecule has 2 aliphatic heterocycles. The van der Waals surface area contributed by atoms with Crippen LogP contribution in [0.1, 0.15) is 41.6 Å². The monoisotopic (exact) mass is 489 g/mol. The highest BCUT2D eigenvalue weighted by molar-refractivity contribution is 9.10. The Morgan fingerprint density at radius 3 is 2.43 bits per heavy atom. The molecular weight excluding hydrogens is 466 g/mol. The Balaban J connectivity index is 1.26. The van der Waals surface area contributed by atoms with E-state index in [1.165, 1.54) is 18.4 Å². The Morgan fingerprint density at radius 1 is 1.07 bits per heavy atom. The first-order valence-electron chi connectivity index (χ1n) is 10.3. The van der Waals surface area contributed by atoms with Crippen LogP contribution >= 0.6 is 27.5 Å². The molecule has 2 saturated heterocycles. The topological polar surface area (TPSA) is 61.4 Å². The summed E-state index contributed by atoms with van der Waals surface area (Å²) in [5.74, 6) is -0.377. The molecule has 2 heterocycles. The Kier molecular flexibility index (Phi) is 6.76. The molecule has 2 aliphatic rings. The zero-order valence-corrected chi connectivity index (χ0v) is 19.0. The maximum absolute atomic E-state index is 12.4. The average Bonchev–Trinajstić information content (AvgIpc) is 2.95. The summed E-state index contributed by atoms with van der Waals surface area (Å²) in [6.07, 6.45) is 4.25. The highest BCUT2D eigenvalue weighted by Gasteiger charge is 2.40. The molecular formula is C23H25BrClN3O2. The van der Waals surface area contributed by atoms with Crippen LogP contribution in [0.5, 0.6) is 0 Å². The van der Waals surface area contributed by atoms with Gasteiger partial charge in [-0.3, -0.25) is 14.5 Å². The van der Waals surface area contributed by atoms with E-state index in [1.54, 1.807) is 18.2 Å². The fourth-order valence-electron chi connectivity index (χ4n) is 4.62. The summed E-state index contributed by atoms with van der Waals surface area (Å²) >= 11 is 9.35. The van der Waals surface area contributed by atoms with Gasteiger partial charge in [-0.2, -0.15) is 0 Å². The second-order valence-electron chi connectivity index (χ2n) is 8.11. The Morgan fingerprint density at radius 2 is 1.77 bits per heavy atom. The zero-order chi connectivity index (χ0) is 21.1. The molecule has 1 unspecified atom stereocenters. The van der Waals surface area contributed by atoms with E-state index in [0.717, 1.165) is 28.9 Å². The third kappa shape index (κ3) is 5.23. The second-order valence-corrected chi connectivity index (χ2v) is 9.46. The number of nitrogens with one attached hydrogen (secondary N) is 2. The number of halogens is 2. The van der Waals surface area contributed by atoms with Crippen LogP contribution in [0.15, 0.2) is 53.0 Å². The van der Waals surface area contributed by atoms with Gasteiger partial charge in [-0.1, -0.05) is 45.7 Å². The lowest BCUT2D eigenvalue weighted by Crippen LogP contribution is -2.51. The van der Waals surface area contributed by atoms with Crippen LogP contribution in [-0.4, -0.2) is 41.4 Å². The van der Waals surface area contributed by atoms with Gasteiger partial charge in [-0.25, -0.2) is 0 Å². The van der Waals surface area contributed by atoms with Crippen LogP contribution in [0.3, 0.4) is 0 Å². The van der Waals surface area contributed by atoms with Gasteiger partial charge in [-0.05, 0) is 61.6 Å². The molecule has 0 aromatic heterocycles. The van der Waals surface area contributed by atoms with Crippen molar-refractivity contribution in [2.45, 2.75) is 50.4 Å². The van der Waals surface area contributed by atoms with Crippen LogP contribution in [0.2, 0.25) is 5.02 Å². The fourth-order valence-corrected chi connectivity index (χ4v) is 5.15. The van der Waals surface area contributed by atoms with E-state index in [2.05, 4.69) is 43.6 Å². The predicted octanol–water partition coefficient (Wildman–Crippen LogP) is 4.14. The summed E-state index contributed by atoms with van der Waals surface area (Å²) in [5, 5.41) is 6.59. The van der Waals surface area contributed by atoms with Crippen LogP contribution in [-0.2, 0) is 11.3 Å². The van der Waals surface area contributed by atoms with Crippen molar-refractivity contribution in [3.05, 3.63) is 69.2 Å². The molecule has 2 amide bonds. The first-order chi connectivity index (χ1) is 14.5. The van der Waals surface area contributed by atoms with Gasteiger partial charge in [0, 0.05) is 39.7 Å². The van der Waals surface area contributed by atoms with E-state index < -0.39 is 0 Å². The van der Waals surface area contributed by atoms with Gasteiger partial charge in [0.15, 0.2) is 0 Å². The standard InChI is InChI=1S/C23H25BrClN3O2/c24-17-3-1-2-16(10-17)23(30)26-13-22(29)27-19-11-20-8-9-21(12-19)28(20)14-15-4-6-18(25)7-5-15/h1-7,10,19-21H,8-9,11-14H2,(H,26,30)(H,27,29)/t19?,20-,21+. The highest BCUT2D eigenvalue weighted by atomic mass is 79.9. The van der Waals surface area contributed by atoms with Gasteiger partial charge < -0.3 is 10.6 Å². The molecule has 0 saturated carbocycles. The lowest BCUT2D eigenvalue weighted by molar-refractivity contribution is -0.121. The predicted molar refractivity (Wildman–Crippen MR) is 121 cm³/mol. The average molecular weight is 491 g/mol. The van der Waals surface area contributed by atoms with Crippen LogP contribution in [0, 0.1) is 0 Å². The number of carbonyl (C=O) groups excluding carboxylic acids is 2. The molecule has 4 rings (SSSR count). The quantitative estimate of drug-likeness (QED) is 0.640. The molecule has 5 nitrogen and oxygen atoms in total. The Bertz CT molecular complexity index is 907. The number of nitrogens with zero attached hydrogens (tertiary/aromatic N) is 1. The highest BCUT2D eigenvalue weighted by Crippen LogP contribution is 2.36. The molecule has 2 fully saturated rings. The van der Waals surface area contributed by atoms with Crippen LogP contribution < -0.4 is 10.6 Å². The summed E-state index contributed by atoms with van der Waals surface area (Å²) in [4.78, 5) is 27.2. The molecule has 2 N–H and O–H groups in total. The number of carbonyl (C=O) groups is 2. The Hall–Kier alpha value is -1.89. The van der Waals surface area contributed by atoms with Crippen molar-refractivity contribution in [2.24, 2.45) is 0 Å². The van der Waals surface area contributed by atoms with Crippen molar-refractivity contribution in [3.8, 4) is 0 Å². The van der Waals surface area contributed by atoms with Gasteiger partial charge in [0.25, 0.3) is 5.91 Å². The molecule has 0 aliphatic carbocycles. The molecule has 2 bridgehead atoms. The molecule has 0 radical (unpaired) electrons. The molecule has 30 heavy (non-hydrogen) atoms. The molecule has 3 atom stereocenters. The maximum atomic E-state index is 12.4. The minimum atomic E-state index is -0.246. The number of piperidine rings is 1. The fraction of sp³-hybridized carbons (Fsp3) is 0.391. The van der Waals surface area contributed by atoms with Gasteiger partial charge in [-0.15, -0.1) is 0 Å². The summed E-state index contributed by atoms with van der Waals surface area (Å²) in [6, 6.07) is 16.3. The SMILES string of the molecule is O=C(CNC(=O)c1cccc(Br)c1)NC1C[C@H]2CC[C@@H](C1)N2Cc1ccc(Cl)cc1.